The van der Waals surface area contributed by atoms with Gasteiger partial charge in [-0.05, 0) is 0 Å². The molecule has 0 spiro atoms. The van der Waals surface area contributed by atoms with Crippen LogP contribution >= 0.6 is 0 Å². The first-order chi connectivity index (χ1) is 7.25. The predicted molar refractivity (Wildman–Crippen MR) is 66.3 cm³/mol. The van der Waals surface area contributed by atoms with Gasteiger partial charge in [-0.1, -0.05) is 0 Å². The minimum absolute atomic E-state index is 0.279. The molecule has 0 N–H and O–H groups in total. The molecule has 3 aromatic rings. The van der Waals surface area contributed by atoms with Crippen LogP contribution in [0.1, 0.15) is 5.56 Å². The van der Waals surface area contributed by atoms with E-state index >= 15 is 0 Å². The van der Waals surface area contributed by atoms with Crippen LogP contribution in [0.25, 0.3) is 18.2 Å². The van der Waals surface area contributed by atoms with Gasteiger partial charge in [0.05, 0.1) is 0 Å². The molecule has 74 valence electrons. The monoisotopic (exact) mass is 328 g/mol. The van der Waals surface area contributed by atoms with E-state index in [0.717, 1.165) is 9.65 Å². The summed E-state index contributed by atoms with van der Waals surface area (Å²) in [5.74, 6) is 0. The molecule has 0 saturated heterocycles. The fourth-order valence-corrected chi connectivity index (χ4v) is 6.67. The summed E-state index contributed by atoms with van der Waals surface area (Å²) in [5, 5.41) is 0.958. The maximum atomic E-state index is 12.2. The molecule has 0 saturated carbocycles. The molecule has 3 rings (SSSR count). The van der Waals surface area contributed by atoms with Crippen LogP contribution in [0.5, 0.6) is 0 Å². The van der Waals surface area contributed by atoms with Crippen molar-refractivity contribution in [1.82, 2.24) is 0 Å². The third-order valence-electron chi connectivity index (χ3n) is 2.43. The van der Waals surface area contributed by atoms with Crippen molar-refractivity contribution < 1.29 is 0 Å². The Labute approximate surface area is 98.8 Å². The van der Waals surface area contributed by atoms with Gasteiger partial charge in [0.15, 0.2) is 0 Å². The van der Waals surface area contributed by atoms with Gasteiger partial charge in [-0.15, -0.1) is 0 Å². The Morgan fingerprint density at radius 2 is 2.00 bits per heavy atom. The molecule has 0 unspecified atom stereocenters. The van der Waals surface area contributed by atoms with Crippen molar-refractivity contribution in [3.8, 4) is 0 Å². The van der Waals surface area contributed by atoms with Gasteiger partial charge in [-0.25, -0.2) is 0 Å². The molecule has 0 aliphatic heterocycles. The third-order valence-corrected chi connectivity index (χ3v) is 7.39. The topological polar surface area (TPSA) is 17.1 Å². The average molecular weight is 326 g/mol. The Morgan fingerprint density at radius 1 is 1.13 bits per heavy atom. The second kappa shape index (κ2) is 3.47. The Hall–Kier alpha value is -0.591. The molecule has 1 nitrogen and oxygen atoms in total. The zero-order valence-electron chi connectivity index (χ0n) is 8.11. The minimum atomic E-state index is 0.279. The summed E-state index contributed by atoms with van der Waals surface area (Å²) in [6.45, 7) is 2.04. The molecule has 1 aromatic carbocycles. The van der Waals surface area contributed by atoms with Crippen molar-refractivity contribution in [1.29, 1.82) is 0 Å². The molecule has 0 radical (unpaired) electrons. The number of hydrogen-bond acceptors (Lipinski definition) is 1. The van der Waals surface area contributed by atoms with E-state index in [1.165, 1.54) is 14.1 Å². The summed E-state index contributed by atoms with van der Waals surface area (Å²) in [7, 11) is 0. The first-order valence-electron chi connectivity index (χ1n) is 4.66. The maximum absolute atomic E-state index is 12.2. The predicted octanol–water partition coefficient (Wildman–Crippen LogP) is 1.78. The quantitative estimate of drug-likeness (QED) is 0.576. The van der Waals surface area contributed by atoms with Crippen molar-refractivity contribution in [2.45, 2.75) is 6.92 Å². The fourth-order valence-electron chi connectivity index (χ4n) is 1.69. The van der Waals surface area contributed by atoms with Crippen LogP contribution in [0.15, 0.2) is 34.0 Å². The van der Waals surface area contributed by atoms with E-state index in [9.17, 15) is 4.79 Å². The van der Waals surface area contributed by atoms with Crippen LogP contribution in [0.4, 0.5) is 0 Å². The van der Waals surface area contributed by atoms with E-state index in [-0.39, 0.29) is 19.9 Å². The molecule has 15 heavy (non-hydrogen) atoms. The van der Waals surface area contributed by atoms with Gasteiger partial charge in [0.2, 0.25) is 0 Å². The van der Waals surface area contributed by atoms with E-state index in [0.29, 0.717) is 14.5 Å². The number of rotatable bonds is 0. The number of aryl methyl sites for hydroxylation is 1. The Bertz CT molecular complexity index is 706. The van der Waals surface area contributed by atoms with E-state index in [4.69, 9.17) is 0 Å². The summed E-state index contributed by atoms with van der Waals surface area (Å²) in [4.78, 5) is 14.3. The van der Waals surface area contributed by atoms with Crippen molar-refractivity contribution in [2.24, 2.45) is 0 Å². The van der Waals surface area contributed by atoms with Crippen LogP contribution in [0.2, 0.25) is 0 Å². The second-order valence-electron chi connectivity index (χ2n) is 3.54. The number of benzene rings is 1. The van der Waals surface area contributed by atoms with Crippen LogP contribution in [0, 0.1) is 6.92 Å². The molecule has 0 atom stereocenters. The van der Waals surface area contributed by atoms with Crippen molar-refractivity contribution >= 4 is 47.2 Å². The van der Waals surface area contributed by atoms with E-state index in [2.05, 4.69) is 23.1 Å². The molecule has 0 amide bonds. The molecule has 0 bridgehead atoms. The molecule has 2 aromatic heterocycles. The van der Waals surface area contributed by atoms with Crippen LogP contribution in [0.3, 0.4) is 0 Å². The van der Waals surface area contributed by atoms with Gasteiger partial charge < -0.3 is 0 Å². The van der Waals surface area contributed by atoms with Crippen molar-refractivity contribution in [3.63, 3.8) is 0 Å². The van der Waals surface area contributed by atoms with E-state index in [1.54, 1.807) is 0 Å². The first kappa shape index (κ1) is 9.62. The average Bonchev–Trinajstić information content (AvgIpc) is 2.68. The van der Waals surface area contributed by atoms with Crippen LogP contribution in [-0.2, 0) is 0 Å². The summed E-state index contributed by atoms with van der Waals surface area (Å²) < 4.78 is 3.66. The van der Waals surface area contributed by atoms with E-state index in [1.807, 2.05) is 13.0 Å². The van der Waals surface area contributed by atoms with Crippen LogP contribution < -0.4 is 5.43 Å². The van der Waals surface area contributed by atoms with Gasteiger partial charge in [0, 0.05) is 0 Å². The van der Waals surface area contributed by atoms with Crippen LogP contribution in [-0.4, -0.2) is 29.0 Å². The standard InChI is InChI=1S/C12H8OSe2/c1-7-2-3-9-8(6-7)11(13)12-10(15-9)4-5-14-12/h2-6H,1H3. The molecule has 0 aliphatic carbocycles. The molecule has 3 heteroatoms. The Balaban J connectivity index is 2.64. The summed E-state index contributed by atoms with van der Waals surface area (Å²) in [5.41, 5.74) is 1.46. The number of fused-ring (bicyclic) bond motifs is 2. The number of hydrogen-bond donors (Lipinski definition) is 0. The molecule has 2 heterocycles. The molecule has 0 aliphatic rings. The molecular formula is C12H8OSe2. The van der Waals surface area contributed by atoms with Gasteiger partial charge in [-0.3, -0.25) is 0 Å². The second-order valence-corrected chi connectivity index (χ2v) is 7.74. The van der Waals surface area contributed by atoms with Gasteiger partial charge in [0.25, 0.3) is 0 Å². The van der Waals surface area contributed by atoms with Crippen molar-refractivity contribution in [3.05, 3.63) is 45.0 Å². The van der Waals surface area contributed by atoms with Gasteiger partial charge in [-0.2, -0.15) is 0 Å². The van der Waals surface area contributed by atoms with E-state index < -0.39 is 0 Å². The van der Waals surface area contributed by atoms with Gasteiger partial charge in [0.1, 0.15) is 0 Å². The normalized spacial score (nSPS) is 11.3. The van der Waals surface area contributed by atoms with Crippen molar-refractivity contribution in [2.75, 3.05) is 0 Å². The first-order valence-corrected chi connectivity index (χ1v) is 8.22. The zero-order chi connectivity index (χ0) is 10.4. The molecule has 0 fully saturated rings. The zero-order valence-corrected chi connectivity index (χ0v) is 11.5. The summed E-state index contributed by atoms with van der Waals surface area (Å²) in [6, 6.07) is 8.41. The van der Waals surface area contributed by atoms with Gasteiger partial charge >= 0.3 is 99.1 Å². The summed E-state index contributed by atoms with van der Waals surface area (Å²) >= 11 is 0.636. The summed E-state index contributed by atoms with van der Waals surface area (Å²) in [6.07, 6.45) is 0. The fraction of sp³-hybridized carbons (Fsp3) is 0.0833. The Morgan fingerprint density at radius 3 is 2.87 bits per heavy atom. The SMILES string of the molecule is Cc1ccc2[se]c3cc[se]c3c(=O)c2c1. The Kier molecular flexibility index (Phi) is 2.22. The molecular weight excluding hydrogens is 318 g/mol. The third kappa shape index (κ3) is 1.47.